The Balaban J connectivity index is 2.02. The molecule has 0 radical (unpaired) electrons. The van der Waals surface area contributed by atoms with Gasteiger partial charge in [-0.3, -0.25) is 0 Å². The van der Waals surface area contributed by atoms with Crippen molar-refractivity contribution in [3.05, 3.63) is 52.2 Å². The Morgan fingerprint density at radius 1 is 1.24 bits per heavy atom. The second-order valence-electron chi connectivity index (χ2n) is 4.99. The Hall–Kier alpha value is -1.68. The average molecular weight is 308 g/mol. The molecule has 1 heterocycles. The normalized spacial score (nSPS) is 10.7. The summed E-state index contributed by atoms with van der Waals surface area (Å²) in [4.78, 5) is 8.28. The minimum atomic E-state index is -0.197. The molecule has 0 fully saturated rings. The van der Waals surface area contributed by atoms with Gasteiger partial charge in [0.25, 0.3) is 0 Å². The van der Waals surface area contributed by atoms with Gasteiger partial charge in [-0.2, -0.15) is 0 Å². The fourth-order valence-corrected chi connectivity index (χ4v) is 2.50. The highest BCUT2D eigenvalue weighted by Crippen LogP contribution is 2.21. The number of aromatic nitrogens is 2. The van der Waals surface area contributed by atoms with Crippen LogP contribution in [-0.2, 0) is 12.8 Å². The summed E-state index contributed by atoms with van der Waals surface area (Å²) in [5.74, 6) is 0.591. The van der Waals surface area contributed by atoms with Crippen molar-refractivity contribution in [3.63, 3.8) is 0 Å². The summed E-state index contributed by atoms with van der Waals surface area (Å²) < 4.78 is 13.1. The van der Waals surface area contributed by atoms with Crippen molar-refractivity contribution in [2.75, 3.05) is 11.9 Å². The molecule has 0 bridgehead atoms. The third-order valence-corrected chi connectivity index (χ3v) is 3.71. The molecule has 0 saturated carbocycles. The molecule has 1 N–H and O–H groups in total. The predicted molar refractivity (Wildman–Crippen MR) is 84.4 cm³/mol. The number of halogens is 2. The van der Waals surface area contributed by atoms with E-state index in [0.29, 0.717) is 5.15 Å². The van der Waals surface area contributed by atoms with Crippen molar-refractivity contribution >= 4 is 17.4 Å². The molecule has 112 valence electrons. The van der Waals surface area contributed by atoms with Gasteiger partial charge in [0.05, 0.1) is 0 Å². The molecule has 5 heteroatoms. The zero-order chi connectivity index (χ0) is 15.2. The maximum absolute atomic E-state index is 13.1. The van der Waals surface area contributed by atoms with Crippen LogP contribution in [0.1, 0.15) is 30.0 Å². The van der Waals surface area contributed by atoms with Gasteiger partial charge in [-0.15, -0.1) is 0 Å². The van der Waals surface area contributed by atoms with E-state index in [2.05, 4.69) is 22.2 Å². The fraction of sp³-hybridized carbons (Fsp3) is 0.375. The summed E-state index contributed by atoms with van der Waals surface area (Å²) in [5, 5.41) is 3.81. The van der Waals surface area contributed by atoms with E-state index in [9.17, 15) is 4.39 Å². The quantitative estimate of drug-likeness (QED) is 0.813. The van der Waals surface area contributed by atoms with E-state index in [-0.39, 0.29) is 5.82 Å². The molecule has 2 aromatic rings. The minimum absolute atomic E-state index is 0.197. The second kappa shape index (κ2) is 7.36. The van der Waals surface area contributed by atoms with E-state index in [1.54, 1.807) is 6.07 Å². The highest BCUT2D eigenvalue weighted by Gasteiger charge is 2.09. The van der Waals surface area contributed by atoms with Crippen LogP contribution in [0.2, 0.25) is 5.15 Å². The number of hydrogen-bond acceptors (Lipinski definition) is 3. The third kappa shape index (κ3) is 4.14. The first-order chi connectivity index (χ1) is 10.1. The van der Waals surface area contributed by atoms with Crippen LogP contribution in [0.3, 0.4) is 0 Å². The van der Waals surface area contributed by atoms with E-state index in [1.165, 1.54) is 12.4 Å². The van der Waals surface area contributed by atoms with Crippen molar-refractivity contribution < 1.29 is 4.39 Å². The highest BCUT2D eigenvalue weighted by molar-refractivity contribution is 6.30. The summed E-state index contributed by atoms with van der Waals surface area (Å²) in [7, 11) is 0. The lowest BCUT2D eigenvalue weighted by Gasteiger charge is -2.12. The zero-order valence-electron chi connectivity index (χ0n) is 12.3. The van der Waals surface area contributed by atoms with E-state index in [0.717, 1.165) is 48.3 Å². The molecular weight excluding hydrogens is 289 g/mol. The average Bonchev–Trinajstić information content (AvgIpc) is 2.45. The van der Waals surface area contributed by atoms with Crippen LogP contribution in [0.15, 0.2) is 24.5 Å². The van der Waals surface area contributed by atoms with Gasteiger partial charge in [-0.25, -0.2) is 14.4 Å². The van der Waals surface area contributed by atoms with Crippen LogP contribution >= 0.6 is 11.6 Å². The first-order valence-electron chi connectivity index (χ1n) is 7.10. The standard InChI is InChI=1S/C16H19ClFN3/c1-3-4-14-15(17)20-10-21-16(14)19-8-7-12-5-6-13(18)9-11(12)2/h5-6,9-10H,3-4,7-8H2,1-2H3,(H,19,20,21). The Kier molecular flexibility index (Phi) is 5.51. The molecule has 0 saturated heterocycles. The van der Waals surface area contributed by atoms with E-state index >= 15 is 0 Å². The molecule has 0 amide bonds. The summed E-state index contributed by atoms with van der Waals surface area (Å²) in [6, 6.07) is 4.87. The summed E-state index contributed by atoms with van der Waals surface area (Å²) in [6.45, 7) is 4.73. The van der Waals surface area contributed by atoms with Gasteiger partial charge < -0.3 is 5.32 Å². The number of rotatable bonds is 6. The van der Waals surface area contributed by atoms with Gasteiger partial charge >= 0.3 is 0 Å². The lowest BCUT2D eigenvalue weighted by molar-refractivity contribution is 0.625. The van der Waals surface area contributed by atoms with Gasteiger partial charge in [0.2, 0.25) is 0 Å². The van der Waals surface area contributed by atoms with Crippen molar-refractivity contribution in [2.24, 2.45) is 0 Å². The molecule has 21 heavy (non-hydrogen) atoms. The lowest BCUT2D eigenvalue weighted by Crippen LogP contribution is -2.10. The summed E-state index contributed by atoms with van der Waals surface area (Å²) in [5.41, 5.74) is 3.05. The van der Waals surface area contributed by atoms with E-state index in [1.807, 2.05) is 13.0 Å². The fourth-order valence-electron chi connectivity index (χ4n) is 2.27. The highest BCUT2D eigenvalue weighted by atomic mass is 35.5. The van der Waals surface area contributed by atoms with Crippen LogP contribution in [0, 0.1) is 12.7 Å². The smallest absolute Gasteiger partial charge is 0.137 e. The van der Waals surface area contributed by atoms with Crippen LogP contribution < -0.4 is 5.32 Å². The number of nitrogens with zero attached hydrogens (tertiary/aromatic N) is 2. The number of aryl methyl sites for hydroxylation is 1. The molecule has 0 aliphatic carbocycles. The van der Waals surface area contributed by atoms with Gasteiger partial charge in [-0.05, 0) is 43.0 Å². The Bertz CT molecular complexity index is 616. The molecule has 0 spiro atoms. The van der Waals surface area contributed by atoms with Crippen LogP contribution in [-0.4, -0.2) is 16.5 Å². The van der Waals surface area contributed by atoms with Crippen molar-refractivity contribution in [1.29, 1.82) is 0 Å². The van der Waals surface area contributed by atoms with Gasteiger partial charge in [-0.1, -0.05) is 31.0 Å². The van der Waals surface area contributed by atoms with Crippen molar-refractivity contribution in [1.82, 2.24) is 9.97 Å². The largest absolute Gasteiger partial charge is 0.369 e. The monoisotopic (exact) mass is 307 g/mol. The topological polar surface area (TPSA) is 37.8 Å². The Morgan fingerprint density at radius 3 is 2.76 bits per heavy atom. The van der Waals surface area contributed by atoms with Gasteiger partial charge in [0.1, 0.15) is 23.1 Å². The van der Waals surface area contributed by atoms with Crippen molar-refractivity contribution in [3.8, 4) is 0 Å². The molecule has 0 aliphatic rings. The van der Waals surface area contributed by atoms with E-state index in [4.69, 9.17) is 11.6 Å². The molecule has 0 aliphatic heterocycles. The van der Waals surface area contributed by atoms with Crippen LogP contribution in [0.5, 0.6) is 0 Å². The number of anilines is 1. The van der Waals surface area contributed by atoms with Crippen LogP contribution in [0.4, 0.5) is 10.2 Å². The summed E-state index contributed by atoms with van der Waals surface area (Å²) in [6.07, 6.45) is 4.10. The van der Waals surface area contributed by atoms with Crippen molar-refractivity contribution in [2.45, 2.75) is 33.1 Å². The SMILES string of the molecule is CCCc1c(Cl)ncnc1NCCc1ccc(F)cc1C. The molecule has 0 atom stereocenters. The number of hydrogen-bond donors (Lipinski definition) is 1. The molecule has 1 aromatic heterocycles. The Morgan fingerprint density at radius 2 is 2.05 bits per heavy atom. The molecule has 1 aromatic carbocycles. The first kappa shape index (κ1) is 15.7. The number of nitrogens with one attached hydrogen (secondary N) is 1. The molecule has 2 rings (SSSR count). The first-order valence-corrected chi connectivity index (χ1v) is 7.48. The van der Waals surface area contributed by atoms with Gasteiger partial charge in [0.15, 0.2) is 0 Å². The maximum atomic E-state index is 13.1. The zero-order valence-corrected chi connectivity index (χ0v) is 13.0. The van der Waals surface area contributed by atoms with Gasteiger partial charge in [0, 0.05) is 12.1 Å². The Labute approximate surface area is 129 Å². The third-order valence-electron chi connectivity index (χ3n) is 3.38. The number of benzene rings is 1. The second-order valence-corrected chi connectivity index (χ2v) is 5.35. The predicted octanol–water partition coefficient (Wildman–Crippen LogP) is 4.18. The maximum Gasteiger partial charge on any atom is 0.137 e. The van der Waals surface area contributed by atoms with Crippen LogP contribution in [0.25, 0.3) is 0 Å². The molecule has 0 unspecified atom stereocenters. The minimum Gasteiger partial charge on any atom is -0.369 e. The van der Waals surface area contributed by atoms with E-state index < -0.39 is 0 Å². The molecular formula is C16H19ClFN3. The summed E-state index contributed by atoms with van der Waals surface area (Å²) >= 11 is 6.11. The molecule has 3 nitrogen and oxygen atoms in total. The lowest BCUT2D eigenvalue weighted by atomic mass is 10.1.